The number of ketones is 1. The quantitative estimate of drug-likeness (QED) is 0.739. The SMILES string of the molecule is CC1CN(CCC(C)(C)O)CCC1=O. The number of carbonyl (C=O) groups is 1. The van der Waals surface area contributed by atoms with Gasteiger partial charge in [-0.3, -0.25) is 4.79 Å². The minimum absolute atomic E-state index is 0.172. The Bertz CT molecular complexity index is 208. The van der Waals surface area contributed by atoms with Crippen molar-refractivity contribution in [3.8, 4) is 0 Å². The predicted molar refractivity (Wildman–Crippen MR) is 56.1 cm³/mol. The van der Waals surface area contributed by atoms with Crippen molar-refractivity contribution >= 4 is 5.78 Å². The molecule has 1 aliphatic heterocycles. The van der Waals surface area contributed by atoms with E-state index in [2.05, 4.69) is 4.90 Å². The van der Waals surface area contributed by atoms with Crippen molar-refractivity contribution in [2.24, 2.45) is 5.92 Å². The molecule has 1 N–H and O–H groups in total. The first-order chi connectivity index (χ1) is 6.38. The zero-order valence-corrected chi connectivity index (χ0v) is 9.42. The highest BCUT2D eigenvalue weighted by molar-refractivity contribution is 5.81. The van der Waals surface area contributed by atoms with Crippen LogP contribution < -0.4 is 0 Å². The maximum absolute atomic E-state index is 11.3. The van der Waals surface area contributed by atoms with Gasteiger partial charge in [-0.1, -0.05) is 6.92 Å². The van der Waals surface area contributed by atoms with Crippen LogP contribution in [0.5, 0.6) is 0 Å². The number of aliphatic hydroxyl groups is 1. The first-order valence-electron chi connectivity index (χ1n) is 5.36. The lowest BCUT2D eigenvalue weighted by Crippen LogP contribution is -2.41. The molecule has 0 spiro atoms. The lowest BCUT2D eigenvalue weighted by molar-refractivity contribution is -0.125. The highest BCUT2D eigenvalue weighted by atomic mass is 16.3. The van der Waals surface area contributed by atoms with Crippen molar-refractivity contribution < 1.29 is 9.90 Å². The number of piperidine rings is 1. The number of hydrogen-bond acceptors (Lipinski definition) is 3. The summed E-state index contributed by atoms with van der Waals surface area (Å²) in [5, 5.41) is 9.57. The molecule has 3 heteroatoms. The van der Waals surface area contributed by atoms with Crippen molar-refractivity contribution in [1.29, 1.82) is 0 Å². The number of hydrogen-bond donors (Lipinski definition) is 1. The van der Waals surface area contributed by atoms with Crippen molar-refractivity contribution in [2.45, 2.75) is 39.2 Å². The predicted octanol–water partition coefficient (Wildman–Crippen LogP) is 1.06. The zero-order valence-electron chi connectivity index (χ0n) is 9.42. The molecule has 0 radical (unpaired) electrons. The molecule has 1 rings (SSSR count). The average molecular weight is 199 g/mol. The first-order valence-corrected chi connectivity index (χ1v) is 5.36. The summed E-state index contributed by atoms with van der Waals surface area (Å²) >= 11 is 0. The Morgan fingerprint density at radius 1 is 1.57 bits per heavy atom. The molecule has 1 atom stereocenters. The zero-order chi connectivity index (χ0) is 10.8. The van der Waals surface area contributed by atoms with Crippen LogP contribution in [0.15, 0.2) is 0 Å². The molecule has 0 saturated carbocycles. The number of likely N-dealkylation sites (tertiary alicyclic amines) is 1. The van der Waals surface area contributed by atoms with Crippen LogP contribution in [-0.2, 0) is 4.79 Å². The lowest BCUT2D eigenvalue weighted by atomic mass is 9.97. The third kappa shape index (κ3) is 3.76. The second-order valence-corrected chi connectivity index (χ2v) is 4.98. The molecule has 0 aromatic heterocycles. The molecule has 0 bridgehead atoms. The minimum atomic E-state index is -0.593. The molecule has 0 aliphatic carbocycles. The maximum atomic E-state index is 11.3. The maximum Gasteiger partial charge on any atom is 0.138 e. The van der Waals surface area contributed by atoms with Crippen molar-refractivity contribution in [3.05, 3.63) is 0 Å². The summed E-state index contributed by atoms with van der Waals surface area (Å²) in [5.74, 6) is 0.551. The third-order valence-electron chi connectivity index (χ3n) is 2.80. The third-order valence-corrected chi connectivity index (χ3v) is 2.80. The van der Waals surface area contributed by atoms with E-state index in [1.54, 1.807) is 0 Å². The van der Waals surface area contributed by atoms with Gasteiger partial charge in [0.25, 0.3) is 0 Å². The molecule has 1 heterocycles. The van der Waals surface area contributed by atoms with E-state index in [-0.39, 0.29) is 5.92 Å². The van der Waals surface area contributed by atoms with Crippen molar-refractivity contribution in [1.82, 2.24) is 4.90 Å². The summed E-state index contributed by atoms with van der Waals surface area (Å²) in [6.07, 6.45) is 1.45. The lowest BCUT2D eigenvalue weighted by Gasteiger charge is -2.31. The van der Waals surface area contributed by atoms with Crippen LogP contribution in [0.1, 0.15) is 33.6 Å². The van der Waals surface area contributed by atoms with Crippen LogP contribution >= 0.6 is 0 Å². The Kier molecular flexibility index (Phi) is 3.67. The van der Waals surface area contributed by atoms with Gasteiger partial charge < -0.3 is 10.0 Å². The molecule has 82 valence electrons. The molecular formula is C11H21NO2. The Hall–Kier alpha value is -0.410. The Balaban J connectivity index is 2.30. The summed E-state index contributed by atoms with van der Waals surface area (Å²) in [7, 11) is 0. The van der Waals surface area contributed by atoms with Crippen molar-refractivity contribution in [3.63, 3.8) is 0 Å². The fraction of sp³-hybridized carbons (Fsp3) is 0.909. The van der Waals surface area contributed by atoms with Crippen LogP contribution in [-0.4, -0.2) is 41.0 Å². The van der Waals surface area contributed by atoms with Gasteiger partial charge in [0.2, 0.25) is 0 Å². The fourth-order valence-electron chi connectivity index (χ4n) is 1.73. The molecule has 0 aromatic rings. The minimum Gasteiger partial charge on any atom is -0.390 e. The largest absolute Gasteiger partial charge is 0.390 e. The van der Waals surface area contributed by atoms with Gasteiger partial charge in [0, 0.05) is 32.0 Å². The number of Topliss-reactive ketones (excluding diaryl/α,β-unsaturated/α-hetero) is 1. The standard InChI is InChI=1S/C11H21NO2/c1-9-8-12(6-4-10(9)13)7-5-11(2,3)14/h9,14H,4-8H2,1-3H3. The van der Waals surface area contributed by atoms with Gasteiger partial charge >= 0.3 is 0 Å². The van der Waals surface area contributed by atoms with E-state index in [1.165, 1.54) is 0 Å². The Morgan fingerprint density at radius 3 is 2.71 bits per heavy atom. The summed E-state index contributed by atoms with van der Waals surface area (Å²) in [4.78, 5) is 13.5. The van der Waals surface area contributed by atoms with E-state index in [9.17, 15) is 9.90 Å². The van der Waals surface area contributed by atoms with Crippen molar-refractivity contribution in [2.75, 3.05) is 19.6 Å². The fourth-order valence-corrected chi connectivity index (χ4v) is 1.73. The highest BCUT2D eigenvalue weighted by Crippen LogP contribution is 2.15. The Labute approximate surface area is 86.1 Å². The number of nitrogens with zero attached hydrogens (tertiary/aromatic N) is 1. The molecule has 14 heavy (non-hydrogen) atoms. The molecule has 1 fully saturated rings. The normalized spacial score (nSPS) is 25.4. The Morgan fingerprint density at radius 2 is 2.21 bits per heavy atom. The second kappa shape index (κ2) is 4.41. The van der Waals surface area contributed by atoms with E-state index in [1.807, 2.05) is 20.8 Å². The van der Waals surface area contributed by atoms with E-state index in [4.69, 9.17) is 0 Å². The molecule has 1 aliphatic rings. The van der Waals surface area contributed by atoms with Crippen LogP contribution in [0.3, 0.4) is 0 Å². The molecular weight excluding hydrogens is 178 g/mol. The average Bonchev–Trinajstić information content (AvgIpc) is 2.06. The smallest absolute Gasteiger partial charge is 0.138 e. The number of rotatable bonds is 3. The van der Waals surface area contributed by atoms with Gasteiger partial charge in [-0.05, 0) is 20.3 Å². The number of carbonyl (C=O) groups excluding carboxylic acids is 1. The van der Waals surface area contributed by atoms with Gasteiger partial charge in [-0.15, -0.1) is 0 Å². The summed E-state index contributed by atoms with van der Waals surface area (Å²) in [6, 6.07) is 0. The van der Waals surface area contributed by atoms with Gasteiger partial charge in [0.1, 0.15) is 5.78 Å². The van der Waals surface area contributed by atoms with Crippen LogP contribution in [0.4, 0.5) is 0 Å². The molecule has 1 unspecified atom stereocenters. The first kappa shape index (κ1) is 11.7. The highest BCUT2D eigenvalue weighted by Gasteiger charge is 2.24. The molecule has 0 amide bonds. The van der Waals surface area contributed by atoms with Gasteiger partial charge in [0.15, 0.2) is 0 Å². The monoisotopic (exact) mass is 199 g/mol. The van der Waals surface area contributed by atoms with Crippen LogP contribution in [0, 0.1) is 5.92 Å². The van der Waals surface area contributed by atoms with Gasteiger partial charge in [0.05, 0.1) is 5.60 Å². The summed E-state index contributed by atoms with van der Waals surface area (Å²) in [5.41, 5.74) is -0.593. The van der Waals surface area contributed by atoms with Gasteiger partial charge in [-0.25, -0.2) is 0 Å². The van der Waals surface area contributed by atoms with E-state index < -0.39 is 5.60 Å². The van der Waals surface area contributed by atoms with Gasteiger partial charge in [-0.2, -0.15) is 0 Å². The van der Waals surface area contributed by atoms with Crippen LogP contribution in [0.2, 0.25) is 0 Å². The summed E-state index contributed by atoms with van der Waals surface area (Å²) < 4.78 is 0. The van der Waals surface area contributed by atoms with E-state index in [0.717, 1.165) is 26.1 Å². The molecule has 3 nitrogen and oxygen atoms in total. The van der Waals surface area contributed by atoms with E-state index in [0.29, 0.717) is 12.2 Å². The van der Waals surface area contributed by atoms with Crippen LogP contribution in [0.25, 0.3) is 0 Å². The summed E-state index contributed by atoms with van der Waals surface area (Å²) in [6.45, 7) is 8.24. The van der Waals surface area contributed by atoms with E-state index >= 15 is 0 Å². The molecule has 0 aromatic carbocycles. The second-order valence-electron chi connectivity index (χ2n) is 4.98. The topological polar surface area (TPSA) is 40.5 Å². The molecule has 1 saturated heterocycles.